The molecule has 5 nitrogen and oxygen atoms in total. The van der Waals surface area contributed by atoms with Crippen LogP contribution in [-0.4, -0.2) is 36.4 Å². The van der Waals surface area contributed by atoms with Gasteiger partial charge in [0.05, 0.1) is 11.1 Å². The second kappa shape index (κ2) is 8.44. The van der Waals surface area contributed by atoms with Crippen LogP contribution >= 0.6 is 0 Å². The van der Waals surface area contributed by atoms with Crippen LogP contribution in [0.2, 0.25) is 0 Å². The molecule has 5 heteroatoms. The van der Waals surface area contributed by atoms with Gasteiger partial charge in [0.15, 0.2) is 12.2 Å². The Morgan fingerprint density at radius 1 is 0.722 bits per heavy atom. The van der Waals surface area contributed by atoms with Gasteiger partial charge in [-0.3, -0.25) is 0 Å². The van der Waals surface area contributed by atoms with Crippen molar-refractivity contribution in [3.63, 3.8) is 0 Å². The lowest BCUT2D eigenvalue weighted by Crippen LogP contribution is -2.56. The molecule has 8 unspecified atom stereocenters. The molecule has 190 valence electrons. The lowest BCUT2D eigenvalue weighted by molar-refractivity contribution is -0.0889. The first-order valence-corrected chi connectivity index (χ1v) is 13.5. The number of carbonyl (C=O) groups is 2. The first-order valence-electron chi connectivity index (χ1n) is 13.5. The first-order chi connectivity index (χ1) is 17.3. The van der Waals surface area contributed by atoms with Gasteiger partial charge in [-0.15, -0.1) is 0 Å². The third-order valence-corrected chi connectivity index (χ3v) is 10.2. The van der Waals surface area contributed by atoms with E-state index in [1.54, 1.807) is 24.3 Å². The molecule has 2 aromatic carbocycles. The summed E-state index contributed by atoms with van der Waals surface area (Å²) in [6.07, 6.45) is 1.80. The van der Waals surface area contributed by atoms with E-state index in [2.05, 4.69) is 27.7 Å². The number of hydrogen-bond acceptors (Lipinski definition) is 5. The van der Waals surface area contributed by atoms with Crippen LogP contribution in [0, 0.1) is 34.5 Å². The maximum Gasteiger partial charge on any atom is 0.338 e. The fraction of sp³-hybridized carbons (Fsp3) is 0.548. The zero-order valence-corrected chi connectivity index (χ0v) is 21.6. The van der Waals surface area contributed by atoms with Gasteiger partial charge in [-0.05, 0) is 66.2 Å². The van der Waals surface area contributed by atoms with E-state index in [1.165, 1.54) is 19.3 Å². The highest BCUT2D eigenvalue weighted by Gasteiger charge is 2.78. The van der Waals surface area contributed by atoms with Gasteiger partial charge in [-0.25, -0.2) is 9.59 Å². The molecule has 6 rings (SSSR count). The quantitative estimate of drug-likeness (QED) is 0.472. The molecule has 4 bridgehead atoms. The summed E-state index contributed by atoms with van der Waals surface area (Å²) in [6.45, 7) is 9.34. The predicted molar refractivity (Wildman–Crippen MR) is 135 cm³/mol. The first kappa shape index (κ1) is 23.7. The highest BCUT2D eigenvalue weighted by molar-refractivity contribution is 5.90. The van der Waals surface area contributed by atoms with Crippen LogP contribution in [0.25, 0.3) is 0 Å². The Kier molecular flexibility index (Phi) is 5.56. The number of esters is 2. The van der Waals surface area contributed by atoms with Crippen LogP contribution in [0.1, 0.15) is 67.7 Å². The normalized spacial score (nSPS) is 37.9. The summed E-state index contributed by atoms with van der Waals surface area (Å²) in [4.78, 5) is 26.4. The molecule has 2 saturated heterocycles. The Labute approximate surface area is 213 Å². The average Bonchev–Trinajstić information content (AvgIpc) is 3.63. The molecular weight excluding hydrogens is 452 g/mol. The lowest BCUT2D eigenvalue weighted by Gasteiger charge is -2.49. The highest BCUT2D eigenvalue weighted by atomic mass is 16.6. The van der Waals surface area contributed by atoms with Crippen LogP contribution in [-0.2, 0) is 14.2 Å². The smallest absolute Gasteiger partial charge is 0.338 e. The molecular formula is C31H36O5. The summed E-state index contributed by atoms with van der Waals surface area (Å²) < 4.78 is 19.1. The Morgan fingerprint density at radius 2 is 1.11 bits per heavy atom. The van der Waals surface area contributed by atoms with Gasteiger partial charge in [0, 0.05) is 11.8 Å². The summed E-state index contributed by atoms with van der Waals surface area (Å²) in [5.41, 5.74) is 1.32. The van der Waals surface area contributed by atoms with Crippen molar-refractivity contribution in [3.05, 3.63) is 71.8 Å². The van der Waals surface area contributed by atoms with Crippen LogP contribution in [0.3, 0.4) is 0 Å². The fourth-order valence-corrected chi connectivity index (χ4v) is 8.45. The third kappa shape index (κ3) is 3.24. The molecule has 2 aromatic rings. The molecule has 0 amide bonds. The van der Waals surface area contributed by atoms with Crippen molar-refractivity contribution in [1.29, 1.82) is 0 Å². The van der Waals surface area contributed by atoms with E-state index in [-0.39, 0.29) is 23.0 Å². The minimum Gasteiger partial charge on any atom is -0.452 e. The molecule has 4 fully saturated rings. The van der Waals surface area contributed by atoms with Gasteiger partial charge in [0.1, 0.15) is 12.2 Å². The second-order valence-electron chi connectivity index (χ2n) is 12.0. The van der Waals surface area contributed by atoms with E-state index in [4.69, 9.17) is 14.2 Å². The largest absolute Gasteiger partial charge is 0.452 e. The zero-order chi connectivity index (χ0) is 25.2. The molecule has 4 aliphatic rings. The Hall–Kier alpha value is -2.66. The van der Waals surface area contributed by atoms with E-state index >= 15 is 0 Å². The minimum absolute atomic E-state index is 0.167. The van der Waals surface area contributed by atoms with Gasteiger partial charge in [-0.1, -0.05) is 64.1 Å². The Balaban J connectivity index is 1.37. The number of hydrogen-bond donors (Lipinski definition) is 0. The number of fused-ring (bicyclic) bond motifs is 9. The van der Waals surface area contributed by atoms with Crippen molar-refractivity contribution < 1.29 is 23.8 Å². The molecule has 2 aliphatic heterocycles. The van der Waals surface area contributed by atoms with Crippen molar-refractivity contribution >= 4 is 11.9 Å². The maximum atomic E-state index is 13.2. The summed E-state index contributed by atoms with van der Waals surface area (Å²) in [5, 5.41) is 0. The van der Waals surface area contributed by atoms with Gasteiger partial charge < -0.3 is 14.2 Å². The topological polar surface area (TPSA) is 61.8 Å². The third-order valence-electron chi connectivity index (χ3n) is 10.2. The number of carbonyl (C=O) groups excluding carboxylic acids is 2. The van der Waals surface area contributed by atoms with Gasteiger partial charge in [0.2, 0.25) is 0 Å². The van der Waals surface area contributed by atoms with Crippen molar-refractivity contribution in [2.45, 2.75) is 71.4 Å². The second-order valence-corrected chi connectivity index (χ2v) is 12.0. The number of rotatable bonds is 6. The van der Waals surface area contributed by atoms with E-state index < -0.39 is 24.1 Å². The predicted octanol–water partition coefficient (Wildman–Crippen LogP) is 5.93. The SMILES string of the molecule is CC(C)C12CCC(C(C)C)(C1)C1C3OC(C(OC(=O)c4ccccc4)C3OC(=O)c3ccccc3)C12. The fourth-order valence-electron chi connectivity index (χ4n) is 8.45. The maximum absolute atomic E-state index is 13.2. The molecule has 2 heterocycles. The summed E-state index contributed by atoms with van der Waals surface area (Å²) >= 11 is 0. The summed E-state index contributed by atoms with van der Waals surface area (Å²) in [7, 11) is 0. The Morgan fingerprint density at radius 3 is 1.47 bits per heavy atom. The van der Waals surface area contributed by atoms with Crippen LogP contribution < -0.4 is 0 Å². The molecule has 2 aliphatic carbocycles. The van der Waals surface area contributed by atoms with Gasteiger partial charge in [-0.2, -0.15) is 0 Å². The molecule has 2 saturated carbocycles. The van der Waals surface area contributed by atoms with Crippen molar-refractivity contribution in [1.82, 2.24) is 0 Å². The molecule has 36 heavy (non-hydrogen) atoms. The summed E-state index contributed by atoms with van der Waals surface area (Å²) in [6, 6.07) is 18.1. The van der Waals surface area contributed by atoms with Crippen molar-refractivity contribution in [2.24, 2.45) is 34.5 Å². The zero-order valence-electron chi connectivity index (χ0n) is 21.6. The molecule has 0 N–H and O–H groups in total. The van der Waals surface area contributed by atoms with E-state index in [1.807, 2.05) is 36.4 Å². The Bertz CT molecular complexity index is 1050. The van der Waals surface area contributed by atoms with E-state index in [0.29, 0.717) is 34.8 Å². The monoisotopic (exact) mass is 488 g/mol. The van der Waals surface area contributed by atoms with Crippen LogP contribution in [0.5, 0.6) is 0 Å². The average molecular weight is 489 g/mol. The van der Waals surface area contributed by atoms with E-state index in [0.717, 1.165) is 0 Å². The van der Waals surface area contributed by atoms with Crippen LogP contribution in [0.15, 0.2) is 60.7 Å². The minimum atomic E-state index is -0.615. The van der Waals surface area contributed by atoms with Gasteiger partial charge >= 0.3 is 11.9 Å². The van der Waals surface area contributed by atoms with Crippen molar-refractivity contribution in [3.8, 4) is 0 Å². The standard InChI is InChI=1S/C31H36O5/c1-18(2)30-15-16-31(17-30,19(3)4)23-22(30)24-26(35-28(32)20-11-7-5-8-12-20)27(25(23)34-24)36-29(33)21-13-9-6-10-14-21/h5-14,18-19,22-27H,15-17H2,1-4H3. The van der Waals surface area contributed by atoms with Gasteiger partial charge in [0.25, 0.3) is 0 Å². The molecule has 0 spiro atoms. The summed E-state index contributed by atoms with van der Waals surface area (Å²) in [5.74, 6) is 0.834. The van der Waals surface area contributed by atoms with Crippen molar-refractivity contribution in [2.75, 3.05) is 0 Å². The number of ether oxygens (including phenoxy) is 3. The number of benzene rings is 2. The molecule has 0 radical (unpaired) electrons. The van der Waals surface area contributed by atoms with E-state index in [9.17, 15) is 9.59 Å². The molecule has 8 atom stereocenters. The molecule has 0 aromatic heterocycles. The van der Waals surface area contributed by atoms with Crippen LogP contribution in [0.4, 0.5) is 0 Å². The highest BCUT2D eigenvalue weighted by Crippen LogP contribution is 2.77. The lowest BCUT2D eigenvalue weighted by atomic mass is 9.56.